The zero-order chi connectivity index (χ0) is 22.5. The van der Waals surface area contributed by atoms with E-state index in [0.29, 0.717) is 28.3 Å². The summed E-state index contributed by atoms with van der Waals surface area (Å²) < 4.78 is 29.4. The molecule has 0 bridgehead atoms. The van der Waals surface area contributed by atoms with Crippen molar-refractivity contribution >= 4 is 17.5 Å². The highest BCUT2D eigenvalue weighted by atomic mass is 35.5. The third-order valence-electron chi connectivity index (χ3n) is 4.44. The van der Waals surface area contributed by atoms with Crippen molar-refractivity contribution in [1.82, 2.24) is 15.0 Å². The molecule has 0 aliphatic carbocycles. The van der Waals surface area contributed by atoms with E-state index in [9.17, 15) is 18.4 Å². The molecule has 31 heavy (non-hydrogen) atoms. The van der Waals surface area contributed by atoms with Crippen LogP contribution < -0.4 is 16.0 Å². The molecule has 7 nitrogen and oxygen atoms in total. The predicted molar refractivity (Wildman–Crippen MR) is 112 cm³/mol. The molecule has 0 saturated carbocycles. The lowest BCUT2D eigenvalue weighted by atomic mass is 9.99. The Balaban J connectivity index is 1.93. The number of amides is 1. The van der Waals surface area contributed by atoms with Crippen LogP contribution >= 0.6 is 11.6 Å². The molecule has 3 N–H and O–H groups in total. The predicted octanol–water partition coefficient (Wildman–Crippen LogP) is 3.46. The minimum absolute atomic E-state index is 0.0356. The van der Waals surface area contributed by atoms with Crippen LogP contribution in [-0.4, -0.2) is 33.9 Å². The van der Waals surface area contributed by atoms with Gasteiger partial charge in [0, 0.05) is 35.4 Å². The Kier molecular flexibility index (Phi) is 6.96. The molecule has 0 radical (unpaired) electrons. The number of primary amides is 1. The normalized spacial score (nSPS) is 12.0. The van der Waals surface area contributed by atoms with E-state index in [-0.39, 0.29) is 17.6 Å². The second-order valence-corrected chi connectivity index (χ2v) is 7.30. The summed E-state index contributed by atoms with van der Waals surface area (Å²) in [6, 6.07) is 9.43. The first-order chi connectivity index (χ1) is 14.7. The molecule has 1 aromatic carbocycles. The van der Waals surface area contributed by atoms with Gasteiger partial charge in [-0.3, -0.25) is 9.59 Å². The molecule has 0 fully saturated rings. The molecule has 2 heterocycles. The summed E-state index contributed by atoms with van der Waals surface area (Å²) in [6.45, 7) is 0.960. The van der Waals surface area contributed by atoms with E-state index in [0.717, 1.165) is 5.56 Å². The number of benzene rings is 1. The van der Waals surface area contributed by atoms with E-state index in [1.165, 1.54) is 18.3 Å². The van der Waals surface area contributed by atoms with Crippen LogP contribution in [0.2, 0.25) is 5.02 Å². The number of nitrogens with one attached hydrogen (secondary N) is 1. The number of rotatable bonds is 8. The second-order valence-electron chi connectivity index (χ2n) is 6.89. The summed E-state index contributed by atoms with van der Waals surface area (Å²) in [5, 5.41) is 0.365. The summed E-state index contributed by atoms with van der Waals surface area (Å²) in [4.78, 5) is 34.7. The molecule has 0 aliphatic rings. The van der Waals surface area contributed by atoms with Crippen molar-refractivity contribution in [2.45, 2.75) is 19.8 Å². The number of alkyl halides is 2. The van der Waals surface area contributed by atoms with E-state index in [2.05, 4.69) is 15.0 Å². The van der Waals surface area contributed by atoms with Crippen molar-refractivity contribution in [2.24, 2.45) is 11.7 Å². The Bertz CT molecular complexity index is 1140. The highest BCUT2D eigenvalue weighted by Gasteiger charge is 2.14. The highest BCUT2D eigenvalue weighted by molar-refractivity contribution is 6.33. The minimum Gasteiger partial charge on any atom is -0.472 e. The van der Waals surface area contributed by atoms with E-state index in [4.69, 9.17) is 22.1 Å². The summed E-state index contributed by atoms with van der Waals surface area (Å²) in [5.74, 6) is -0.518. The Hall–Kier alpha value is -3.33. The maximum absolute atomic E-state index is 12.3. The number of pyridine rings is 1. The van der Waals surface area contributed by atoms with Gasteiger partial charge in [0.25, 0.3) is 12.0 Å². The number of nitrogens with zero attached hydrogens (tertiary/aromatic N) is 2. The number of hydrogen-bond donors (Lipinski definition) is 2. The summed E-state index contributed by atoms with van der Waals surface area (Å²) in [5.41, 5.74) is 7.02. The van der Waals surface area contributed by atoms with Gasteiger partial charge in [-0.15, -0.1) is 0 Å². The van der Waals surface area contributed by atoms with Crippen LogP contribution in [0, 0.1) is 5.92 Å². The lowest BCUT2D eigenvalue weighted by molar-refractivity contribution is -0.121. The van der Waals surface area contributed by atoms with Gasteiger partial charge in [0.2, 0.25) is 11.8 Å². The number of aromatic nitrogens is 3. The number of aromatic amines is 1. The van der Waals surface area contributed by atoms with E-state index in [1.54, 1.807) is 31.2 Å². The monoisotopic (exact) mass is 448 g/mol. The van der Waals surface area contributed by atoms with Gasteiger partial charge in [-0.05, 0) is 30.2 Å². The van der Waals surface area contributed by atoms with Crippen molar-refractivity contribution < 1.29 is 18.3 Å². The Morgan fingerprint density at radius 1 is 1.26 bits per heavy atom. The van der Waals surface area contributed by atoms with Crippen LogP contribution in [0.3, 0.4) is 0 Å². The maximum Gasteiger partial charge on any atom is 0.272 e. The molecule has 1 unspecified atom stereocenters. The van der Waals surface area contributed by atoms with E-state index in [1.807, 2.05) is 0 Å². The molecule has 0 spiro atoms. The average Bonchev–Trinajstić information content (AvgIpc) is 2.73. The SMILES string of the molecule is CC(Cc1ccc(Cl)c(-c2nc(-c3ccc(OCC(F)F)nc3)cc(=O)[nH]2)c1)C(N)=O. The largest absolute Gasteiger partial charge is 0.472 e. The third kappa shape index (κ3) is 5.85. The average molecular weight is 449 g/mol. The van der Waals surface area contributed by atoms with Crippen molar-refractivity contribution in [3.05, 3.63) is 63.5 Å². The molecular formula is C21H19ClF2N4O3. The molecule has 0 saturated heterocycles. The van der Waals surface area contributed by atoms with E-state index >= 15 is 0 Å². The molecule has 1 amide bonds. The standard InChI is InChI=1S/C21H19ClF2N4O3/c1-11(20(25)30)6-12-2-4-15(22)14(7-12)21-27-16(8-18(29)28-21)13-3-5-19(26-9-13)31-10-17(23)24/h2-5,7-9,11,17H,6,10H2,1H3,(H2,25,30)(H,27,28,29). The van der Waals surface area contributed by atoms with Crippen LogP contribution in [0.25, 0.3) is 22.6 Å². The first-order valence-electron chi connectivity index (χ1n) is 9.29. The first kappa shape index (κ1) is 22.4. The maximum atomic E-state index is 12.3. The minimum atomic E-state index is -2.61. The van der Waals surface area contributed by atoms with Crippen molar-refractivity contribution in [2.75, 3.05) is 6.61 Å². The van der Waals surface area contributed by atoms with Crippen LogP contribution in [0.5, 0.6) is 5.88 Å². The van der Waals surface area contributed by atoms with Gasteiger partial charge in [-0.25, -0.2) is 18.7 Å². The van der Waals surface area contributed by atoms with Gasteiger partial charge in [0.15, 0.2) is 6.61 Å². The lowest BCUT2D eigenvalue weighted by Gasteiger charge is -2.11. The third-order valence-corrected chi connectivity index (χ3v) is 4.77. The zero-order valence-corrected chi connectivity index (χ0v) is 17.2. The number of halogens is 3. The fourth-order valence-corrected chi connectivity index (χ4v) is 3.04. The van der Waals surface area contributed by atoms with Crippen molar-refractivity contribution in [1.29, 1.82) is 0 Å². The van der Waals surface area contributed by atoms with Crippen LogP contribution in [-0.2, 0) is 11.2 Å². The number of H-pyrrole nitrogens is 1. The van der Waals surface area contributed by atoms with Gasteiger partial charge in [-0.1, -0.05) is 24.6 Å². The topological polar surface area (TPSA) is 111 Å². The molecular weight excluding hydrogens is 430 g/mol. The molecule has 3 rings (SSSR count). The Morgan fingerprint density at radius 2 is 2.03 bits per heavy atom. The van der Waals surface area contributed by atoms with Crippen LogP contribution in [0.1, 0.15) is 12.5 Å². The quantitative estimate of drug-likeness (QED) is 0.548. The fourth-order valence-electron chi connectivity index (χ4n) is 2.83. The van der Waals surface area contributed by atoms with Gasteiger partial charge in [-0.2, -0.15) is 0 Å². The highest BCUT2D eigenvalue weighted by Crippen LogP contribution is 2.28. The lowest BCUT2D eigenvalue weighted by Crippen LogP contribution is -2.22. The number of carbonyl (C=O) groups is 1. The van der Waals surface area contributed by atoms with Gasteiger partial charge in [0.05, 0.1) is 10.7 Å². The molecule has 3 aromatic rings. The molecule has 162 valence electrons. The summed E-state index contributed by atoms with van der Waals surface area (Å²) in [6.07, 6.45) is -0.823. The fraction of sp³-hybridized carbons (Fsp3) is 0.238. The second kappa shape index (κ2) is 9.65. The smallest absolute Gasteiger partial charge is 0.272 e. The van der Waals surface area contributed by atoms with Gasteiger partial charge < -0.3 is 15.5 Å². The first-order valence-corrected chi connectivity index (χ1v) is 9.67. The van der Waals surface area contributed by atoms with E-state index < -0.39 is 24.5 Å². The van der Waals surface area contributed by atoms with Crippen LogP contribution in [0.4, 0.5) is 8.78 Å². The molecule has 2 aromatic heterocycles. The van der Waals surface area contributed by atoms with Gasteiger partial charge in [0.1, 0.15) is 5.82 Å². The zero-order valence-electron chi connectivity index (χ0n) is 16.4. The molecule has 1 atom stereocenters. The van der Waals surface area contributed by atoms with Crippen LogP contribution in [0.15, 0.2) is 47.4 Å². The van der Waals surface area contributed by atoms with Crippen molar-refractivity contribution in [3.8, 4) is 28.5 Å². The molecule has 0 aliphatic heterocycles. The summed E-state index contributed by atoms with van der Waals surface area (Å²) >= 11 is 6.32. The number of hydrogen-bond acceptors (Lipinski definition) is 5. The Labute approximate surface area is 181 Å². The van der Waals surface area contributed by atoms with Crippen molar-refractivity contribution in [3.63, 3.8) is 0 Å². The summed E-state index contributed by atoms with van der Waals surface area (Å²) in [7, 11) is 0. The molecule has 10 heteroatoms. The number of ether oxygens (including phenoxy) is 1. The number of nitrogens with two attached hydrogens (primary N) is 1. The Morgan fingerprint density at radius 3 is 2.68 bits per heavy atom. The van der Waals surface area contributed by atoms with Gasteiger partial charge >= 0.3 is 0 Å². The number of carbonyl (C=O) groups excluding carboxylic acids is 1.